The van der Waals surface area contributed by atoms with Crippen molar-refractivity contribution in [3.8, 4) is 0 Å². The molecule has 10 heteroatoms. The molecule has 0 amide bonds. The highest BCUT2D eigenvalue weighted by molar-refractivity contribution is 7.47. The first-order chi connectivity index (χ1) is 24.8. The molecule has 1 unspecified atom stereocenters. The van der Waals surface area contributed by atoms with E-state index < -0.39 is 32.5 Å². The van der Waals surface area contributed by atoms with Gasteiger partial charge in [0.1, 0.15) is 6.61 Å². The third-order valence-electron chi connectivity index (χ3n) is 8.24. The van der Waals surface area contributed by atoms with Crippen LogP contribution in [0.25, 0.3) is 0 Å². The monoisotopic (exact) mass is 740 g/mol. The second-order valence-corrected chi connectivity index (χ2v) is 14.7. The van der Waals surface area contributed by atoms with E-state index in [-0.39, 0.29) is 32.6 Å². The Labute approximate surface area is 311 Å². The SMILES string of the molecule is CCCCCC/C=C\C=C/CCCCCCCC(=O)OC[C@H](COP(=O)(O)OCCN)OC(=O)CCCCCCC/C=C\C=C/CCCCCC. The van der Waals surface area contributed by atoms with Crippen molar-refractivity contribution in [1.82, 2.24) is 0 Å². The van der Waals surface area contributed by atoms with E-state index >= 15 is 0 Å². The molecule has 0 spiro atoms. The number of phosphoric acid groups is 1. The number of ether oxygens (including phenoxy) is 2. The van der Waals surface area contributed by atoms with E-state index in [4.69, 9.17) is 24.3 Å². The van der Waals surface area contributed by atoms with Crippen molar-refractivity contribution in [2.24, 2.45) is 5.73 Å². The van der Waals surface area contributed by atoms with Crippen LogP contribution in [0.3, 0.4) is 0 Å². The maximum atomic E-state index is 12.5. The first kappa shape index (κ1) is 49.0. The predicted molar refractivity (Wildman–Crippen MR) is 210 cm³/mol. The molecule has 0 aliphatic carbocycles. The first-order valence-electron chi connectivity index (χ1n) is 20.1. The van der Waals surface area contributed by atoms with Crippen LogP contribution in [0.15, 0.2) is 48.6 Å². The van der Waals surface area contributed by atoms with Gasteiger partial charge < -0.3 is 20.1 Å². The zero-order valence-electron chi connectivity index (χ0n) is 32.3. The molecule has 0 saturated carbocycles. The molecule has 0 radical (unpaired) electrons. The number of nitrogens with two attached hydrogens (primary N) is 1. The highest BCUT2D eigenvalue weighted by atomic mass is 31.2. The molecule has 2 atom stereocenters. The van der Waals surface area contributed by atoms with Gasteiger partial charge in [0, 0.05) is 19.4 Å². The molecular weight excluding hydrogens is 665 g/mol. The van der Waals surface area contributed by atoms with Gasteiger partial charge in [-0.3, -0.25) is 18.6 Å². The summed E-state index contributed by atoms with van der Waals surface area (Å²) in [7, 11) is -4.38. The molecule has 0 aromatic rings. The van der Waals surface area contributed by atoms with E-state index in [1.807, 2.05) is 0 Å². The smallest absolute Gasteiger partial charge is 0.462 e. The van der Waals surface area contributed by atoms with Gasteiger partial charge in [0.2, 0.25) is 0 Å². The third-order valence-corrected chi connectivity index (χ3v) is 9.23. The maximum absolute atomic E-state index is 12.5. The number of rotatable bonds is 37. The second kappa shape index (κ2) is 37.7. The molecule has 296 valence electrons. The van der Waals surface area contributed by atoms with Gasteiger partial charge in [-0.25, -0.2) is 4.57 Å². The van der Waals surface area contributed by atoms with Crippen molar-refractivity contribution >= 4 is 19.8 Å². The fraction of sp³-hybridized carbons (Fsp3) is 0.756. The molecule has 0 heterocycles. The highest BCUT2D eigenvalue weighted by Crippen LogP contribution is 2.43. The third kappa shape index (κ3) is 37.5. The number of hydrogen-bond donors (Lipinski definition) is 2. The maximum Gasteiger partial charge on any atom is 0.472 e. The van der Waals surface area contributed by atoms with Crippen molar-refractivity contribution in [2.45, 2.75) is 174 Å². The van der Waals surface area contributed by atoms with Crippen LogP contribution in [0, 0.1) is 0 Å². The Bertz CT molecular complexity index is 981. The number of unbranched alkanes of at least 4 members (excludes halogenated alkanes) is 18. The molecule has 51 heavy (non-hydrogen) atoms. The summed E-state index contributed by atoms with van der Waals surface area (Å²) in [6.07, 6.45) is 41.3. The number of allylic oxidation sites excluding steroid dienone is 8. The number of hydrogen-bond acceptors (Lipinski definition) is 8. The molecule has 0 aliphatic rings. The normalized spacial score (nSPS) is 13.9. The van der Waals surface area contributed by atoms with Crippen molar-refractivity contribution in [3.63, 3.8) is 0 Å². The van der Waals surface area contributed by atoms with Crippen LogP contribution >= 0.6 is 7.82 Å². The van der Waals surface area contributed by atoms with E-state index in [0.29, 0.717) is 12.8 Å². The largest absolute Gasteiger partial charge is 0.472 e. The molecule has 0 rings (SSSR count). The molecule has 9 nitrogen and oxygen atoms in total. The zero-order valence-corrected chi connectivity index (χ0v) is 33.2. The minimum Gasteiger partial charge on any atom is -0.462 e. The number of carbonyl (C=O) groups excluding carboxylic acids is 2. The van der Waals surface area contributed by atoms with Crippen LogP contribution in [0.4, 0.5) is 0 Å². The van der Waals surface area contributed by atoms with Crippen LogP contribution in [0.5, 0.6) is 0 Å². The summed E-state index contributed by atoms with van der Waals surface area (Å²) < 4.78 is 32.7. The molecule has 3 N–H and O–H groups in total. The standard InChI is InChI=1S/C41H74NO8P/c1-3-5-7-9-11-13-15-17-19-21-23-25-27-29-31-33-40(43)47-37-39(38-49-51(45,46)48-36-35-42)50-41(44)34-32-30-28-26-24-22-20-18-16-14-12-10-8-6-4-2/h13-20,39H,3-12,21-38,42H2,1-2H3,(H,45,46)/b15-13-,16-14-,19-17-,20-18-/t39-/m1/s1. The topological polar surface area (TPSA) is 134 Å². The molecule has 0 aliphatic heterocycles. The average Bonchev–Trinajstić information content (AvgIpc) is 3.11. The molecule has 0 aromatic carbocycles. The number of carbonyl (C=O) groups is 2. The molecule has 0 bridgehead atoms. The minimum atomic E-state index is -4.38. The highest BCUT2D eigenvalue weighted by Gasteiger charge is 2.25. The van der Waals surface area contributed by atoms with Crippen LogP contribution in [0.2, 0.25) is 0 Å². The van der Waals surface area contributed by atoms with Crippen molar-refractivity contribution in [1.29, 1.82) is 0 Å². The summed E-state index contributed by atoms with van der Waals surface area (Å²) in [5.74, 6) is -0.867. The fourth-order valence-electron chi connectivity index (χ4n) is 5.20. The number of phosphoric ester groups is 1. The zero-order chi connectivity index (χ0) is 37.5. The van der Waals surface area contributed by atoms with Gasteiger partial charge in [-0.2, -0.15) is 0 Å². The Hall–Kier alpha value is -2.03. The second-order valence-electron chi connectivity index (χ2n) is 13.2. The lowest BCUT2D eigenvalue weighted by Crippen LogP contribution is -2.29. The van der Waals surface area contributed by atoms with Gasteiger partial charge >= 0.3 is 19.8 Å². The van der Waals surface area contributed by atoms with Gasteiger partial charge in [-0.15, -0.1) is 0 Å². The van der Waals surface area contributed by atoms with Gasteiger partial charge in [0.05, 0.1) is 13.2 Å². The Balaban J connectivity index is 4.27. The Kier molecular flexibility index (Phi) is 36.2. The summed E-state index contributed by atoms with van der Waals surface area (Å²) in [6, 6.07) is 0. The lowest BCUT2D eigenvalue weighted by atomic mass is 10.1. The number of esters is 2. The quantitative estimate of drug-likeness (QED) is 0.0276. The van der Waals surface area contributed by atoms with Gasteiger partial charge in [0.15, 0.2) is 6.10 Å². The van der Waals surface area contributed by atoms with Crippen LogP contribution < -0.4 is 5.73 Å². The van der Waals surface area contributed by atoms with E-state index in [1.165, 1.54) is 51.4 Å². The Morgan fingerprint density at radius 2 is 1.00 bits per heavy atom. The van der Waals surface area contributed by atoms with Gasteiger partial charge in [-0.05, 0) is 64.2 Å². The minimum absolute atomic E-state index is 0.0468. The van der Waals surface area contributed by atoms with Crippen LogP contribution in [0.1, 0.15) is 168 Å². The lowest BCUT2D eigenvalue weighted by Gasteiger charge is -2.19. The summed E-state index contributed by atoms with van der Waals surface area (Å²) in [6.45, 7) is 3.64. The predicted octanol–water partition coefficient (Wildman–Crippen LogP) is 11.2. The summed E-state index contributed by atoms with van der Waals surface area (Å²) >= 11 is 0. The van der Waals surface area contributed by atoms with Crippen molar-refractivity contribution in [2.75, 3.05) is 26.4 Å². The first-order valence-corrected chi connectivity index (χ1v) is 21.6. The molecule has 0 aromatic heterocycles. The lowest BCUT2D eigenvalue weighted by molar-refractivity contribution is -0.161. The molecule has 0 fully saturated rings. The summed E-state index contributed by atoms with van der Waals surface area (Å²) in [4.78, 5) is 34.8. The van der Waals surface area contributed by atoms with Gasteiger partial charge in [-0.1, -0.05) is 140 Å². The van der Waals surface area contributed by atoms with Crippen LogP contribution in [-0.4, -0.2) is 49.3 Å². The van der Waals surface area contributed by atoms with Crippen molar-refractivity contribution < 1.29 is 37.6 Å². The van der Waals surface area contributed by atoms with E-state index in [0.717, 1.165) is 77.0 Å². The molecular formula is C41H74NO8P. The van der Waals surface area contributed by atoms with E-state index in [1.54, 1.807) is 0 Å². The Morgan fingerprint density at radius 3 is 1.45 bits per heavy atom. The van der Waals surface area contributed by atoms with E-state index in [2.05, 4.69) is 62.5 Å². The molecule has 0 saturated heterocycles. The summed E-state index contributed by atoms with van der Waals surface area (Å²) in [5.41, 5.74) is 5.33. The summed E-state index contributed by atoms with van der Waals surface area (Å²) in [5, 5.41) is 0. The van der Waals surface area contributed by atoms with Gasteiger partial charge in [0.25, 0.3) is 0 Å². The van der Waals surface area contributed by atoms with E-state index in [9.17, 15) is 19.0 Å². The Morgan fingerprint density at radius 1 is 0.588 bits per heavy atom. The fourth-order valence-corrected chi connectivity index (χ4v) is 5.97. The average molecular weight is 740 g/mol. The van der Waals surface area contributed by atoms with Crippen LogP contribution in [-0.2, 0) is 32.7 Å². The van der Waals surface area contributed by atoms with Crippen molar-refractivity contribution in [3.05, 3.63) is 48.6 Å².